The smallest absolute Gasteiger partial charge is 0.223 e. The molecule has 0 saturated heterocycles. The predicted molar refractivity (Wildman–Crippen MR) is 143 cm³/mol. The van der Waals surface area contributed by atoms with E-state index in [4.69, 9.17) is 0 Å². The van der Waals surface area contributed by atoms with Crippen LogP contribution < -0.4 is 5.32 Å². The van der Waals surface area contributed by atoms with Crippen LogP contribution in [0.15, 0.2) is 23.3 Å². The summed E-state index contributed by atoms with van der Waals surface area (Å²) in [6.45, 7) is 15.3. The quantitative estimate of drug-likeness (QED) is 0.488. The maximum absolute atomic E-state index is 14.3. The van der Waals surface area contributed by atoms with Crippen molar-refractivity contribution in [2.24, 2.45) is 56.7 Å². The Kier molecular flexibility index (Phi) is 5.64. The molecule has 0 spiro atoms. The van der Waals surface area contributed by atoms with E-state index in [1.54, 1.807) is 7.05 Å². The Hall–Kier alpha value is -2.22. The first kappa shape index (κ1) is 26.4. The van der Waals surface area contributed by atoms with Crippen molar-refractivity contribution in [3.05, 3.63) is 23.3 Å². The van der Waals surface area contributed by atoms with Crippen molar-refractivity contribution < 1.29 is 14.4 Å². The maximum Gasteiger partial charge on any atom is 0.223 e. The van der Waals surface area contributed by atoms with Gasteiger partial charge in [-0.25, -0.2) is 0 Å². The van der Waals surface area contributed by atoms with Gasteiger partial charge in [0.15, 0.2) is 11.6 Å². The number of hydrogen-bond acceptors (Lipinski definition) is 4. The van der Waals surface area contributed by atoms with E-state index in [0.29, 0.717) is 6.42 Å². The van der Waals surface area contributed by atoms with E-state index in [1.807, 2.05) is 26.0 Å². The summed E-state index contributed by atoms with van der Waals surface area (Å²) in [6.07, 6.45) is 9.32. The van der Waals surface area contributed by atoms with Gasteiger partial charge in [0.2, 0.25) is 5.91 Å². The van der Waals surface area contributed by atoms with Gasteiger partial charge in [0.25, 0.3) is 0 Å². The van der Waals surface area contributed by atoms with Crippen LogP contribution >= 0.6 is 0 Å². The third-order valence-corrected chi connectivity index (χ3v) is 12.3. The number of nitrogens with one attached hydrogen (secondary N) is 1. The third kappa shape index (κ3) is 3.29. The lowest BCUT2D eigenvalue weighted by molar-refractivity contribution is -0.170. The minimum atomic E-state index is -0.673. The lowest BCUT2D eigenvalue weighted by atomic mass is 9.35. The lowest BCUT2D eigenvalue weighted by Gasteiger charge is -2.68. The predicted octanol–water partition coefficient (Wildman–Crippen LogP) is 5.81. The van der Waals surface area contributed by atoms with Gasteiger partial charge in [0.1, 0.15) is 6.07 Å². The number of Topliss-reactive ketones (excluding diaryl/α,β-unsaturated/α-hetero) is 1. The van der Waals surface area contributed by atoms with E-state index in [2.05, 4.69) is 46.0 Å². The number of carbonyl (C=O) groups excluding carboxylic acids is 3. The summed E-state index contributed by atoms with van der Waals surface area (Å²) < 4.78 is 0. The van der Waals surface area contributed by atoms with Crippen LogP contribution in [0.25, 0.3) is 0 Å². The number of ketones is 2. The van der Waals surface area contributed by atoms with Crippen LogP contribution in [0.2, 0.25) is 0 Å². The van der Waals surface area contributed by atoms with Crippen molar-refractivity contribution >= 4 is 17.5 Å². The normalized spacial score (nSPS) is 45.6. The summed E-state index contributed by atoms with van der Waals surface area (Å²) in [5.74, 6) is 0.456. The number of amides is 1. The highest BCUT2D eigenvalue weighted by Crippen LogP contribution is 2.73. The van der Waals surface area contributed by atoms with Gasteiger partial charge >= 0.3 is 0 Å². The first-order valence-electron chi connectivity index (χ1n) is 14.2. The molecule has 0 aromatic rings. The standard InChI is InChI=1S/C32H44N2O3/c1-28(2)11-9-19-20(15-28)25-22(35)13-24-30(5)14-18(17-33)26(36)29(3,4)23(30)10-12-31(24,6)32(25,7)16-21(19)27(37)34-8/h13-14,19-21,23,25H,9-12,15-16H2,1-8H3,(H,34,37)/t19?,20?,21-,23-,25?,30-,31+,32+/m0/s1. The molecule has 0 aliphatic heterocycles. The zero-order valence-electron chi connectivity index (χ0n) is 24.0. The summed E-state index contributed by atoms with van der Waals surface area (Å²) in [4.78, 5) is 40.9. The lowest BCUT2D eigenvalue weighted by Crippen LogP contribution is -2.65. The number of nitrogens with zero attached hydrogens (tertiary/aromatic N) is 1. The van der Waals surface area contributed by atoms with Gasteiger partial charge in [-0.2, -0.15) is 5.26 Å². The van der Waals surface area contributed by atoms with E-state index in [1.165, 1.54) is 0 Å². The van der Waals surface area contributed by atoms with E-state index >= 15 is 0 Å². The van der Waals surface area contributed by atoms with Crippen LogP contribution in [0.1, 0.15) is 87.0 Å². The van der Waals surface area contributed by atoms with Gasteiger partial charge in [-0.1, -0.05) is 60.1 Å². The molecular weight excluding hydrogens is 460 g/mol. The Bertz CT molecular complexity index is 1180. The molecule has 0 aromatic carbocycles. The fraction of sp³-hybridized carbons (Fsp3) is 0.750. The summed E-state index contributed by atoms with van der Waals surface area (Å²) in [5.41, 5.74) is -0.451. The van der Waals surface area contributed by atoms with Gasteiger partial charge in [-0.15, -0.1) is 0 Å². The van der Waals surface area contributed by atoms with Crippen molar-refractivity contribution in [3.63, 3.8) is 0 Å². The second-order valence-corrected chi connectivity index (χ2v) is 14.9. The number of hydrogen-bond donors (Lipinski definition) is 1. The molecule has 3 fully saturated rings. The zero-order chi connectivity index (χ0) is 27.3. The third-order valence-electron chi connectivity index (χ3n) is 12.3. The molecule has 0 radical (unpaired) electrons. The highest BCUT2D eigenvalue weighted by molar-refractivity contribution is 6.04. The van der Waals surface area contributed by atoms with Gasteiger partial charge in [0.05, 0.1) is 5.57 Å². The van der Waals surface area contributed by atoms with Crippen LogP contribution in [0, 0.1) is 68.0 Å². The fourth-order valence-electron chi connectivity index (χ4n) is 10.3. The largest absolute Gasteiger partial charge is 0.359 e. The maximum atomic E-state index is 14.3. The molecule has 5 heteroatoms. The Balaban J connectivity index is 1.71. The number of nitriles is 1. The van der Waals surface area contributed by atoms with Gasteiger partial charge in [-0.05, 0) is 78.6 Å². The summed E-state index contributed by atoms with van der Waals surface area (Å²) in [6, 6.07) is 2.17. The highest BCUT2D eigenvalue weighted by Gasteiger charge is 2.69. The van der Waals surface area contributed by atoms with Crippen LogP contribution in [0.5, 0.6) is 0 Å². The fourth-order valence-corrected chi connectivity index (χ4v) is 10.3. The molecule has 0 bridgehead atoms. The average Bonchev–Trinajstić information content (AvgIpc) is 2.81. The van der Waals surface area contributed by atoms with E-state index in [9.17, 15) is 19.6 Å². The highest BCUT2D eigenvalue weighted by atomic mass is 16.2. The van der Waals surface area contributed by atoms with Crippen LogP contribution in [0.3, 0.4) is 0 Å². The summed E-state index contributed by atoms with van der Waals surface area (Å²) in [5, 5.41) is 12.8. The SMILES string of the molecule is CNC(=O)[C@H]1C[C@]2(C)C(C(=O)C=C3[C@@]4(C)C=C(C#N)C(=O)C(C)(C)[C@@H]4CC[C@]32C)C2CC(C)(C)CCC21. The molecular formula is C32H44N2O3. The van der Waals surface area contributed by atoms with Crippen molar-refractivity contribution in [2.45, 2.75) is 87.0 Å². The molecule has 37 heavy (non-hydrogen) atoms. The van der Waals surface area contributed by atoms with Crippen molar-refractivity contribution in [1.29, 1.82) is 5.26 Å². The van der Waals surface area contributed by atoms with Crippen LogP contribution in [0.4, 0.5) is 0 Å². The van der Waals surface area contributed by atoms with Gasteiger partial charge < -0.3 is 5.32 Å². The molecule has 5 nitrogen and oxygen atoms in total. The topological polar surface area (TPSA) is 87.0 Å². The molecule has 200 valence electrons. The molecule has 5 aliphatic rings. The molecule has 0 aromatic heterocycles. The Labute approximate surface area is 222 Å². The molecule has 3 unspecified atom stereocenters. The second kappa shape index (κ2) is 7.90. The minimum Gasteiger partial charge on any atom is -0.359 e. The second-order valence-electron chi connectivity index (χ2n) is 14.9. The monoisotopic (exact) mass is 504 g/mol. The van der Waals surface area contributed by atoms with E-state index in [0.717, 1.165) is 37.7 Å². The van der Waals surface area contributed by atoms with Crippen molar-refractivity contribution in [1.82, 2.24) is 5.32 Å². The number of carbonyl (C=O) groups is 3. The minimum absolute atomic E-state index is 0.0246. The summed E-state index contributed by atoms with van der Waals surface area (Å²) >= 11 is 0. The Morgan fingerprint density at radius 2 is 1.68 bits per heavy atom. The van der Waals surface area contributed by atoms with Crippen LogP contribution in [-0.4, -0.2) is 24.5 Å². The molecule has 3 saturated carbocycles. The zero-order valence-corrected chi connectivity index (χ0v) is 24.0. The van der Waals surface area contributed by atoms with Crippen molar-refractivity contribution in [2.75, 3.05) is 7.05 Å². The van der Waals surface area contributed by atoms with Crippen molar-refractivity contribution in [3.8, 4) is 6.07 Å². The Morgan fingerprint density at radius 1 is 1.00 bits per heavy atom. The molecule has 0 heterocycles. The molecule has 5 rings (SSSR count). The molecule has 1 amide bonds. The molecule has 8 atom stereocenters. The van der Waals surface area contributed by atoms with Crippen LogP contribution in [-0.2, 0) is 14.4 Å². The summed E-state index contributed by atoms with van der Waals surface area (Å²) in [7, 11) is 1.74. The van der Waals surface area contributed by atoms with E-state index < -0.39 is 10.8 Å². The Morgan fingerprint density at radius 3 is 2.30 bits per heavy atom. The van der Waals surface area contributed by atoms with Gasteiger partial charge in [-0.3, -0.25) is 14.4 Å². The number of allylic oxidation sites excluding steroid dienone is 4. The first-order valence-corrected chi connectivity index (χ1v) is 14.2. The van der Waals surface area contributed by atoms with E-state index in [-0.39, 0.29) is 68.9 Å². The number of rotatable bonds is 1. The first-order chi connectivity index (χ1) is 17.1. The molecule has 5 aliphatic carbocycles. The van der Waals surface area contributed by atoms with Gasteiger partial charge in [0, 0.05) is 29.7 Å². The number of fused-ring (bicyclic) bond motifs is 7. The molecule has 1 N–H and O–H groups in total. The average molecular weight is 505 g/mol.